The third-order valence-electron chi connectivity index (χ3n) is 2.72. The van der Waals surface area contributed by atoms with E-state index < -0.39 is 10.0 Å². The molecule has 0 bridgehead atoms. The summed E-state index contributed by atoms with van der Waals surface area (Å²) in [5.74, 6) is -0.0752. The van der Waals surface area contributed by atoms with Crippen molar-refractivity contribution in [3.63, 3.8) is 0 Å². The van der Waals surface area contributed by atoms with Gasteiger partial charge in [0, 0.05) is 12.6 Å². The molecular formula is C12H13N3O3S2. The van der Waals surface area contributed by atoms with E-state index in [1.54, 1.807) is 41.8 Å². The fourth-order valence-electron chi connectivity index (χ4n) is 1.60. The Labute approximate surface area is 120 Å². The minimum absolute atomic E-state index is 0.0752. The predicted octanol–water partition coefficient (Wildman–Crippen LogP) is 1.67. The maximum absolute atomic E-state index is 12.4. The number of benzene rings is 1. The van der Waals surface area contributed by atoms with E-state index in [1.165, 1.54) is 7.05 Å². The number of thiophene rings is 1. The van der Waals surface area contributed by atoms with E-state index in [0.29, 0.717) is 11.3 Å². The first-order chi connectivity index (χ1) is 9.46. The summed E-state index contributed by atoms with van der Waals surface area (Å²) in [6.45, 7) is 0. The van der Waals surface area contributed by atoms with Crippen LogP contribution in [0.5, 0.6) is 0 Å². The summed E-state index contributed by atoms with van der Waals surface area (Å²) in [5.41, 5.74) is 6.38. The minimum Gasteiger partial charge on any atom is -0.409 e. The number of nitrogens with zero attached hydrogens (tertiary/aromatic N) is 2. The molecule has 0 aliphatic carbocycles. The molecule has 20 heavy (non-hydrogen) atoms. The van der Waals surface area contributed by atoms with Crippen LogP contribution in [0.4, 0.5) is 5.69 Å². The Hall–Kier alpha value is -2.06. The topological polar surface area (TPSA) is 96.0 Å². The largest absolute Gasteiger partial charge is 0.409 e. The van der Waals surface area contributed by atoms with Crippen molar-refractivity contribution in [3.8, 4) is 0 Å². The lowest BCUT2D eigenvalue weighted by Gasteiger charge is -2.19. The van der Waals surface area contributed by atoms with E-state index in [9.17, 15) is 8.42 Å². The number of sulfonamides is 1. The number of nitrogens with two attached hydrogens (primary N) is 1. The predicted molar refractivity (Wildman–Crippen MR) is 78.9 cm³/mol. The van der Waals surface area contributed by atoms with Crippen LogP contribution in [0, 0.1) is 0 Å². The van der Waals surface area contributed by atoms with Gasteiger partial charge in [-0.1, -0.05) is 23.4 Å². The maximum atomic E-state index is 12.4. The molecule has 1 heterocycles. The van der Waals surface area contributed by atoms with Gasteiger partial charge in [0.05, 0.1) is 5.69 Å². The van der Waals surface area contributed by atoms with E-state index in [1.807, 2.05) is 0 Å². The van der Waals surface area contributed by atoms with Gasteiger partial charge in [-0.25, -0.2) is 8.42 Å². The number of rotatable bonds is 4. The Morgan fingerprint density at radius 1 is 1.35 bits per heavy atom. The molecule has 0 aliphatic heterocycles. The summed E-state index contributed by atoms with van der Waals surface area (Å²) in [4.78, 5) is 0. The molecule has 2 rings (SSSR count). The van der Waals surface area contributed by atoms with Crippen molar-refractivity contribution < 1.29 is 13.6 Å². The van der Waals surface area contributed by atoms with Crippen LogP contribution < -0.4 is 10.0 Å². The summed E-state index contributed by atoms with van der Waals surface area (Å²) in [6.07, 6.45) is 0. The highest BCUT2D eigenvalue weighted by Gasteiger charge is 2.22. The number of hydrogen-bond donors (Lipinski definition) is 2. The molecule has 0 fully saturated rings. The molecule has 0 amide bonds. The highest BCUT2D eigenvalue weighted by atomic mass is 32.2. The van der Waals surface area contributed by atoms with Crippen LogP contribution in [0.2, 0.25) is 0 Å². The summed E-state index contributed by atoms with van der Waals surface area (Å²) in [6, 6.07) is 9.68. The molecule has 0 saturated heterocycles. The van der Waals surface area contributed by atoms with Gasteiger partial charge in [0.25, 0.3) is 10.0 Å². The van der Waals surface area contributed by atoms with Crippen molar-refractivity contribution in [2.24, 2.45) is 10.9 Å². The average molecular weight is 311 g/mol. The van der Waals surface area contributed by atoms with E-state index in [2.05, 4.69) is 5.16 Å². The Bertz CT molecular complexity index is 724. The van der Waals surface area contributed by atoms with Gasteiger partial charge in [-0.2, -0.15) is 0 Å². The van der Waals surface area contributed by atoms with E-state index >= 15 is 0 Å². The summed E-state index contributed by atoms with van der Waals surface area (Å²) in [5, 5.41) is 13.3. The molecule has 2 aromatic rings. The fourth-order valence-corrected chi connectivity index (χ4v) is 3.95. The summed E-state index contributed by atoms with van der Waals surface area (Å²) < 4.78 is 26.2. The van der Waals surface area contributed by atoms with E-state index in [-0.39, 0.29) is 10.0 Å². The number of amidine groups is 1. The Balaban J connectivity index is 2.42. The Morgan fingerprint density at radius 3 is 2.70 bits per heavy atom. The smallest absolute Gasteiger partial charge is 0.273 e. The van der Waals surface area contributed by atoms with Gasteiger partial charge in [-0.05, 0) is 23.6 Å². The first-order valence-corrected chi connectivity index (χ1v) is 7.89. The molecule has 0 saturated carbocycles. The lowest BCUT2D eigenvalue weighted by molar-refractivity contribution is 0.318. The quantitative estimate of drug-likeness (QED) is 0.388. The van der Waals surface area contributed by atoms with Gasteiger partial charge >= 0.3 is 0 Å². The third-order valence-corrected chi connectivity index (χ3v) is 5.88. The van der Waals surface area contributed by atoms with Crippen molar-refractivity contribution in [1.29, 1.82) is 0 Å². The molecule has 0 atom stereocenters. The van der Waals surface area contributed by atoms with Crippen LogP contribution in [0.3, 0.4) is 0 Å². The van der Waals surface area contributed by atoms with Crippen molar-refractivity contribution in [3.05, 3.63) is 47.3 Å². The van der Waals surface area contributed by atoms with Gasteiger partial charge in [0.15, 0.2) is 5.84 Å². The normalized spacial score (nSPS) is 12.3. The van der Waals surface area contributed by atoms with E-state index in [4.69, 9.17) is 10.9 Å². The van der Waals surface area contributed by atoms with Crippen LogP contribution in [0.15, 0.2) is 51.1 Å². The fraction of sp³-hybridized carbons (Fsp3) is 0.0833. The first kappa shape index (κ1) is 14.4. The molecule has 106 valence electrons. The first-order valence-electron chi connectivity index (χ1n) is 5.57. The molecule has 8 heteroatoms. The van der Waals surface area contributed by atoms with Crippen LogP contribution in [0.1, 0.15) is 5.56 Å². The molecule has 3 N–H and O–H groups in total. The highest BCUT2D eigenvalue weighted by molar-refractivity contribution is 7.94. The number of hydrogen-bond acceptors (Lipinski definition) is 5. The van der Waals surface area contributed by atoms with Gasteiger partial charge in [0.2, 0.25) is 0 Å². The molecular weight excluding hydrogens is 298 g/mol. The molecule has 0 unspecified atom stereocenters. The van der Waals surface area contributed by atoms with Gasteiger partial charge in [-0.15, -0.1) is 11.3 Å². The zero-order valence-electron chi connectivity index (χ0n) is 10.6. The monoisotopic (exact) mass is 311 g/mol. The lowest BCUT2D eigenvalue weighted by Crippen LogP contribution is -2.26. The third kappa shape index (κ3) is 2.61. The molecule has 1 aromatic heterocycles. The minimum atomic E-state index is -3.59. The average Bonchev–Trinajstić information content (AvgIpc) is 3.00. The van der Waals surface area contributed by atoms with Crippen LogP contribution in [-0.4, -0.2) is 26.5 Å². The van der Waals surface area contributed by atoms with Crippen LogP contribution >= 0.6 is 11.3 Å². The summed E-state index contributed by atoms with van der Waals surface area (Å²) >= 11 is 1.15. The van der Waals surface area contributed by atoms with Gasteiger partial charge in [-0.3, -0.25) is 4.31 Å². The Morgan fingerprint density at radius 2 is 2.10 bits per heavy atom. The SMILES string of the molecule is CN(c1cccc(C(N)=NO)c1)S(=O)(=O)c1cccs1. The molecule has 0 radical (unpaired) electrons. The molecule has 1 aromatic carbocycles. The zero-order chi connectivity index (χ0) is 14.8. The van der Waals surface area contributed by atoms with Crippen LogP contribution in [0.25, 0.3) is 0 Å². The van der Waals surface area contributed by atoms with Gasteiger partial charge < -0.3 is 10.9 Å². The number of anilines is 1. The van der Waals surface area contributed by atoms with Crippen molar-refractivity contribution >= 4 is 32.9 Å². The van der Waals surface area contributed by atoms with E-state index in [0.717, 1.165) is 15.6 Å². The standard InChI is InChI=1S/C12H13N3O3S2/c1-15(20(17,18)11-6-3-7-19-11)10-5-2-4-9(8-10)12(13)14-16/h2-8,16H,1H3,(H2,13,14). The molecule has 6 nitrogen and oxygen atoms in total. The second-order valence-electron chi connectivity index (χ2n) is 3.94. The zero-order valence-corrected chi connectivity index (χ0v) is 12.2. The number of oxime groups is 1. The highest BCUT2D eigenvalue weighted by Crippen LogP contribution is 2.25. The second kappa shape index (κ2) is 5.51. The van der Waals surface area contributed by atoms with Gasteiger partial charge in [0.1, 0.15) is 4.21 Å². The van der Waals surface area contributed by atoms with Crippen LogP contribution in [-0.2, 0) is 10.0 Å². The molecule has 0 spiro atoms. The lowest BCUT2D eigenvalue weighted by atomic mass is 10.2. The second-order valence-corrected chi connectivity index (χ2v) is 7.08. The Kier molecular flexibility index (Phi) is 3.96. The maximum Gasteiger partial charge on any atom is 0.273 e. The van der Waals surface area contributed by atoms with Crippen molar-refractivity contribution in [2.45, 2.75) is 4.21 Å². The van der Waals surface area contributed by atoms with Crippen molar-refractivity contribution in [2.75, 3.05) is 11.4 Å². The summed E-state index contributed by atoms with van der Waals surface area (Å²) in [7, 11) is -2.13. The van der Waals surface area contributed by atoms with Crippen molar-refractivity contribution in [1.82, 2.24) is 0 Å². The molecule has 0 aliphatic rings.